The Kier molecular flexibility index (Phi) is 6.57. The maximum atomic E-state index is 11.3. The second-order valence-corrected chi connectivity index (χ2v) is 3.82. The van der Waals surface area contributed by atoms with Crippen molar-refractivity contribution in [2.24, 2.45) is 0 Å². The molecule has 17 heavy (non-hydrogen) atoms. The van der Waals surface area contributed by atoms with E-state index >= 15 is 0 Å². The van der Waals surface area contributed by atoms with Crippen LogP contribution >= 0.6 is 0 Å². The number of nitrogens with one attached hydrogen (secondary N) is 1. The number of unbranched alkanes of at least 4 members (excludes halogenated alkanes) is 1. The van der Waals surface area contributed by atoms with Gasteiger partial charge in [0, 0.05) is 0 Å². The fourth-order valence-corrected chi connectivity index (χ4v) is 1.73. The molecule has 0 unspecified atom stereocenters. The predicted octanol–water partition coefficient (Wildman–Crippen LogP) is 0.207. The van der Waals surface area contributed by atoms with Gasteiger partial charge in [-0.3, -0.25) is 4.79 Å². The van der Waals surface area contributed by atoms with Crippen LogP contribution in [0.1, 0.15) is 25.7 Å². The highest BCUT2D eigenvalue weighted by Crippen LogP contribution is 2.13. The number of carbonyl (C=O) groups is 2. The highest BCUT2D eigenvalue weighted by atomic mass is 16.7. The van der Waals surface area contributed by atoms with E-state index in [1.165, 1.54) is 7.11 Å². The fraction of sp³-hybridized carbons (Fsp3) is 0.818. The quantitative estimate of drug-likeness (QED) is 0.376. The minimum Gasteiger partial charge on any atom is -0.467 e. The van der Waals surface area contributed by atoms with Crippen molar-refractivity contribution in [3.63, 3.8) is 0 Å². The van der Waals surface area contributed by atoms with Crippen molar-refractivity contribution in [2.75, 3.05) is 20.3 Å². The molecule has 1 fully saturated rings. The van der Waals surface area contributed by atoms with E-state index in [0.717, 1.165) is 19.3 Å². The molecule has 1 aliphatic rings. The molecule has 1 aliphatic heterocycles. The molecule has 1 atom stereocenters. The van der Waals surface area contributed by atoms with Crippen LogP contribution in [0.4, 0.5) is 0 Å². The summed E-state index contributed by atoms with van der Waals surface area (Å²) in [7, 11) is 1.31. The number of ether oxygens (including phenoxy) is 3. The van der Waals surface area contributed by atoms with E-state index in [0.29, 0.717) is 26.0 Å². The first-order valence-corrected chi connectivity index (χ1v) is 5.78. The average molecular weight is 245 g/mol. The van der Waals surface area contributed by atoms with Crippen LogP contribution in [0, 0.1) is 0 Å². The lowest BCUT2D eigenvalue weighted by Crippen LogP contribution is -2.36. The zero-order chi connectivity index (χ0) is 12.5. The van der Waals surface area contributed by atoms with Gasteiger partial charge >= 0.3 is 5.97 Å². The number of carbonyl (C=O) groups excluding carboxylic acids is 2. The van der Waals surface area contributed by atoms with Crippen molar-refractivity contribution in [1.82, 2.24) is 5.32 Å². The van der Waals surface area contributed by atoms with Gasteiger partial charge in [-0.15, -0.1) is 0 Å². The molecular formula is C11H19NO5. The van der Waals surface area contributed by atoms with Crippen LogP contribution in [0.5, 0.6) is 0 Å². The van der Waals surface area contributed by atoms with Crippen molar-refractivity contribution in [1.29, 1.82) is 0 Å². The van der Waals surface area contributed by atoms with Crippen molar-refractivity contribution >= 4 is 12.4 Å². The Labute approximate surface area is 101 Å². The molecular weight excluding hydrogens is 226 g/mol. The Morgan fingerprint density at radius 3 is 2.76 bits per heavy atom. The van der Waals surface area contributed by atoms with Crippen LogP contribution in [0.25, 0.3) is 0 Å². The lowest BCUT2D eigenvalue weighted by molar-refractivity contribution is -0.144. The van der Waals surface area contributed by atoms with Gasteiger partial charge in [-0.25, -0.2) is 4.79 Å². The third-order valence-corrected chi connectivity index (χ3v) is 2.63. The minimum atomic E-state index is -0.553. The Bertz CT molecular complexity index is 240. The number of hydrogen-bond acceptors (Lipinski definition) is 5. The second-order valence-electron chi connectivity index (χ2n) is 3.82. The summed E-state index contributed by atoms with van der Waals surface area (Å²) < 4.78 is 15.2. The molecule has 0 radical (unpaired) electrons. The van der Waals surface area contributed by atoms with Crippen LogP contribution in [0.15, 0.2) is 0 Å². The molecule has 0 bridgehead atoms. The van der Waals surface area contributed by atoms with Gasteiger partial charge in [0.15, 0.2) is 6.29 Å². The van der Waals surface area contributed by atoms with Gasteiger partial charge in [-0.05, 0) is 19.3 Å². The molecule has 0 aromatic heterocycles. The van der Waals surface area contributed by atoms with E-state index in [-0.39, 0.29) is 6.29 Å². The van der Waals surface area contributed by atoms with E-state index < -0.39 is 12.0 Å². The van der Waals surface area contributed by atoms with Gasteiger partial charge in [0.2, 0.25) is 6.41 Å². The third kappa shape index (κ3) is 5.14. The molecule has 1 saturated heterocycles. The van der Waals surface area contributed by atoms with E-state index in [1.54, 1.807) is 0 Å². The SMILES string of the molecule is COC(=O)[C@@H](CCCCC1OCCO1)NC=O. The highest BCUT2D eigenvalue weighted by Gasteiger charge is 2.19. The zero-order valence-corrected chi connectivity index (χ0v) is 10.0. The zero-order valence-electron chi connectivity index (χ0n) is 10.0. The predicted molar refractivity (Wildman–Crippen MR) is 59.2 cm³/mol. The third-order valence-electron chi connectivity index (χ3n) is 2.63. The first kappa shape index (κ1) is 13.9. The normalized spacial score (nSPS) is 17.7. The summed E-state index contributed by atoms with van der Waals surface area (Å²) in [6.07, 6.45) is 3.49. The van der Waals surface area contributed by atoms with Crippen LogP contribution in [0.2, 0.25) is 0 Å². The minimum absolute atomic E-state index is 0.106. The fourth-order valence-electron chi connectivity index (χ4n) is 1.73. The van der Waals surface area contributed by atoms with E-state index in [2.05, 4.69) is 10.1 Å². The van der Waals surface area contributed by atoms with Crippen LogP contribution in [0.3, 0.4) is 0 Å². The molecule has 0 spiro atoms. The van der Waals surface area contributed by atoms with Gasteiger partial charge in [-0.2, -0.15) is 0 Å². The van der Waals surface area contributed by atoms with E-state index in [4.69, 9.17) is 9.47 Å². The molecule has 0 saturated carbocycles. The molecule has 1 N–H and O–H groups in total. The summed E-state index contributed by atoms with van der Waals surface area (Å²) in [5, 5.41) is 2.44. The first-order chi connectivity index (χ1) is 8.27. The molecule has 98 valence electrons. The second kappa shape index (κ2) is 8.03. The van der Waals surface area contributed by atoms with Crippen molar-refractivity contribution in [3.8, 4) is 0 Å². The summed E-state index contributed by atoms with van der Waals surface area (Å²) in [6, 6.07) is -0.553. The van der Waals surface area contributed by atoms with Crippen molar-refractivity contribution in [3.05, 3.63) is 0 Å². The first-order valence-electron chi connectivity index (χ1n) is 5.78. The van der Waals surface area contributed by atoms with E-state index in [9.17, 15) is 9.59 Å². The highest BCUT2D eigenvalue weighted by molar-refractivity contribution is 5.77. The lowest BCUT2D eigenvalue weighted by atomic mass is 10.1. The smallest absolute Gasteiger partial charge is 0.328 e. The molecule has 6 nitrogen and oxygen atoms in total. The summed E-state index contributed by atoms with van der Waals surface area (Å²) in [4.78, 5) is 21.6. The topological polar surface area (TPSA) is 73.9 Å². The maximum absolute atomic E-state index is 11.3. The molecule has 1 rings (SSSR count). The van der Waals surface area contributed by atoms with Gasteiger partial charge in [0.1, 0.15) is 6.04 Å². The largest absolute Gasteiger partial charge is 0.467 e. The molecule has 1 amide bonds. The molecule has 0 aliphatic carbocycles. The van der Waals surface area contributed by atoms with Crippen LogP contribution < -0.4 is 5.32 Å². The van der Waals surface area contributed by atoms with Gasteiger partial charge in [0.05, 0.1) is 20.3 Å². The van der Waals surface area contributed by atoms with Crippen molar-refractivity contribution in [2.45, 2.75) is 38.0 Å². The number of esters is 1. The number of amides is 1. The summed E-state index contributed by atoms with van der Waals surface area (Å²) in [6.45, 7) is 1.31. The standard InChI is InChI=1S/C11H19NO5/c1-15-11(14)9(12-8-13)4-2-3-5-10-16-6-7-17-10/h8-10H,2-7H2,1H3,(H,12,13)/t9-/m1/s1. The Balaban J connectivity index is 2.12. The Morgan fingerprint density at radius 1 is 1.47 bits per heavy atom. The lowest BCUT2D eigenvalue weighted by Gasteiger charge is -2.14. The summed E-state index contributed by atoms with van der Waals surface area (Å²) >= 11 is 0. The van der Waals surface area contributed by atoms with Crippen LogP contribution in [-0.2, 0) is 23.8 Å². The molecule has 1 heterocycles. The van der Waals surface area contributed by atoms with Gasteiger partial charge in [-0.1, -0.05) is 6.42 Å². The van der Waals surface area contributed by atoms with Crippen molar-refractivity contribution < 1.29 is 23.8 Å². The maximum Gasteiger partial charge on any atom is 0.328 e. The number of hydrogen-bond donors (Lipinski definition) is 1. The summed E-state index contributed by atoms with van der Waals surface area (Å²) in [5.41, 5.74) is 0. The Hall–Kier alpha value is -1.14. The van der Waals surface area contributed by atoms with Gasteiger partial charge in [0.25, 0.3) is 0 Å². The molecule has 0 aromatic rings. The van der Waals surface area contributed by atoms with Gasteiger partial charge < -0.3 is 19.5 Å². The van der Waals surface area contributed by atoms with Crippen LogP contribution in [-0.4, -0.2) is 45.0 Å². The average Bonchev–Trinajstić information content (AvgIpc) is 2.85. The number of rotatable bonds is 8. The monoisotopic (exact) mass is 245 g/mol. The van der Waals surface area contributed by atoms with E-state index in [1.807, 2.05) is 0 Å². The molecule has 6 heteroatoms. The number of methoxy groups -OCH3 is 1. The summed E-state index contributed by atoms with van der Waals surface area (Å²) in [5.74, 6) is -0.412. The molecule has 0 aromatic carbocycles. The Morgan fingerprint density at radius 2 is 2.18 bits per heavy atom.